The standard InChI is InChI=1S/C22H24N2O5/c1-14-12-24(13-15(2)29-14)21(26)18-5-3-16(4-6-18)11-23-20(25)17-7-9-19(10-8-17)22(27)28/h3-10,14-15H,11-13H2,1-2H3,(H,23,25)(H,27,28). The number of carbonyl (C=O) groups excluding carboxylic acids is 2. The number of hydrogen-bond acceptors (Lipinski definition) is 4. The van der Waals surface area contributed by atoms with E-state index in [9.17, 15) is 14.4 Å². The molecule has 1 heterocycles. The summed E-state index contributed by atoms with van der Waals surface area (Å²) >= 11 is 0. The molecule has 0 radical (unpaired) electrons. The van der Waals surface area contributed by atoms with E-state index in [1.165, 1.54) is 24.3 Å². The maximum atomic E-state index is 12.7. The largest absolute Gasteiger partial charge is 0.478 e. The van der Waals surface area contributed by atoms with Crippen LogP contribution in [0, 0.1) is 0 Å². The van der Waals surface area contributed by atoms with Gasteiger partial charge >= 0.3 is 5.97 Å². The fourth-order valence-electron chi connectivity index (χ4n) is 3.34. The molecule has 2 aromatic carbocycles. The lowest BCUT2D eigenvalue weighted by Crippen LogP contribution is -2.48. The van der Waals surface area contributed by atoms with Crippen LogP contribution in [0.3, 0.4) is 0 Å². The van der Waals surface area contributed by atoms with Crippen LogP contribution in [0.25, 0.3) is 0 Å². The van der Waals surface area contributed by atoms with E-state index >= 15 is 0 Å². The third kappa shape index (κ3) is 5.20. The second kappa shape index (κ2) is 8.87. The van der Waals surface area contributed by atoms with Crippen LogP contribution >= 0.6 is 0 Å². The first kappa shape index (κ1) is 20.5. The van der Waals surface area contributed by atoms with Crippen molar-refractivity contribution in [1.29, 1.82) is 0 Å². The minimum atomic E-state index is -1.03. The molecule has 0 spiro atoms. The molecule has 0 aromatic heterocycles. The number of carboxylic acid groups (broad SMARTS) is 1. The topological polar surface area (TPSA) is 95.9 Å². The van der Waals surface area contributed by atoms with Crippen LogP contribution in [0.5, 0.6) is 0 Å². The van der Waals surface area contributed by atoms with Crippen LogP contribution in [0.15, 0.2) is 48.5 Å². The summed E-state index contributed by atoms with van der Waals surface area (Å²) in [5.41, 5.74) is 1.98. The van der Waals surface area contributed by atoms with E-state index in [4.69, 9.17) is 9.84 Å². The van der Waals surface area contributed by atoms with Gasteiger partial charge in [-0.1, -0.05) is 12.1 Å². The zero-order valence-electron chi connectivity index (χ0n) is 16.4. The second-order valence-corrected chi connectivity index (χ2v) is 7.23. The Morgan fingerprint density at radius 2 is 1.45 bits per heavy atom. The van der Waals surface area contributed by atoms with Gasteiger partial charge in [-0.3, -0.25) is 9.59 Å². The van der Waals surface area contributed by atoms with Gasteiger partial charge in [0.25, 0.3) is 11.8 Å². The molecule has 0 bridgehead atoms. The minimum Gasteiger partial charge on any atom is -0.478 e. The van der Waals surface area contributed by atoms with Crippen molar-refractivity contribution in [2.75, 3.05) is 13.1 Å². The Bertz CT molecular complexity index is 882. The average molecular weight is 396 g/mol. The first-order chi connectivity index (χ1) is 13.8. The molecule has 2 N–H and O–H groups in total. The normalized spacial score (nSPS) is 18.9. The fraction of sp³-hybridized carbons (Fsp3) is 0.318. The third-order valence-electron chi connectivity index (χ3n) is 4.75. The van der Waals surface area contributed by atoms with Crippen molar-refractivity contribution in [3.8, 4) is 0 Å². The maximum Gasteiger partial charge on any atom is 0.335 e. The van der Waals surface area contributed by atoms with Crippen molar-refractivity contribution >= 4 is 17.8 Å². The Morgan fingerprint density at radius 3 is 2.00 bits per heavy atom. The van der Waals surface area contributed by atoms with Gasteiger partial charge in [-0.05, 0) is 55.8 Å². The van der Waals surface area contributed by atoms with Crippen molar-refractivity contribution in [3.63, 3.8) is 0 Å². The minimum absolute atomic E-state index is 0.0155. The molecule has 2 atom stereocenters. The number of carboxylic acids is 1. The number of amides is 2. The molecular weight excluding hydrogens is 372 g/mol. The molecule has 1 aliphatic rings. The summed E-state index contributed by atoms with van der Waals surface area (Å²) < 4.78 is 5.67. The van der Waals surface area contributed by atoms with E-state index < -0.39 is 5.97 Å². The van der Waals surface area contributed by atoms with Crippen LogP contribution in [0.1, 0.15) is 50.5 Å². The lowest BCUT2D eigenvalue weighted by atomic mass is 10.1. The molecule has 3 rings (SSSR count). The number of nitrogens with one attached hydrogen (secondary N) is 1. The summed E-state index contributed by atoms with van der Waals surface area (Å²) in [5, 5.41) is 11.7. The molecule has 0 saturated carbocycles. The first-order valence-electron chi connectivity index (χ1n) is 9.48. The summed E-state index contributed by atoms with van der Waals surface area (Å²) in [5.74, 6) is -1.35. The van der Waals surface area contributed by atoms with Gasteiger partial charge in [0.05, 0.1) is 17.8 Å². The van der Waals surface area contributed by atoms with Crippen molar-refractivity contribution in [2.45, 2.75) is 32.6 Å². The van der Waals surface area contributed by atoms with Crippen molar-refractivity contribution in [3.05, 3.63) is 70.8 Å². The van der Waals surface area contributed by atoms with Gasteiger partial charge < -0.3 is 20.1 Å². The van der Waals surface area contributed by atoms with Gasteiger partial charge in [-0.15, -0.1) is 0 Å². The van der Waals surface area contributed by atoms with E-state index in [1.807, 2.05) is 26.0 Å². The number of ether oxygens (including phenoxy) is 1. The predicted molar refractivity (Wildman–Crippen MR) is 107 cm³/mol. The smallest absolute Gasteiger partial charge is 0.335 e. The Labute approximate surface area is 169 Å². The molecular formula is C22H24N2O5. The number of benzene rings is 2. The summed E-state index contributed by atoms with van der Waals surface area (Å²) in [6.07, 6.45) is 0.0310. The molecule has 2 unspecified atom stereocenters. The number of nitrogens with zero attached hydrogens (tertiary/aromatic N) is 1. The highest BCUT2D eigenvalue weighted by Crippen LogP contribution is 2.15. The molecule has 1 aliphatic heterocycles. The summed E-state index contributed by atoms with van der Waals surface area (Å²) in [6, 6.07) is 12.9. The third-order valence-corrected chi connectivity index (χ3v) is 4.75. The van der Waals surface area contributed by atoms with E-state index in [0.717, 1.165) is 5.56 Å². The Morgan fingerprint density at radius 1 is 0.931 bits per heavy atom. The molecule has 152 valence electrons. The Hall–Kier alpha value is -3.19. The molecule has 0 aliphatic carbocycles. The Kier molecular flexibility index (Phi) is 6.29. The number of morpholine rings is 1. The van der Waals surface area contributed by atoms with Crippen LogP contribution in [0.2, 0.25) is 0 Å². The van der Waals surface area contributed by atoms with Crippen molar-refractivity contribution in [1.82, 2.24) is 10.2 Å². The lowest BCUT2D eigenvalue weighted by Gasteiger charge is -2.35. The molecule has 29 heavy (non-hydrogen) atoms. The lowest BCUT2D eigenvalue weighted by molar-refractivity contribution is -0.0586. The number of carbonyl (C=O) groups is 3. The fourth-order valence-corrected chi connectivity index (χ4v) is 3.34. The molecule has 1 fully saturated rings. The average Bonchev–Trinajstić information content (AvgIpc) is 2.71. The monoisotopic (exact) mass is 396 g/mol. The first-order valence-corrected chi connectivity index (χ1v) is 9.48. The Balaban J connectivity index is 1.57. The highest BCUT2D eigenvalue weighted by Gasteiger charge is 2.26. The molecule has 7 nitrogen and oxygen atoms in total. The van der Waals surface area contributed by atoms with Crippen LogP contribution in [-0.4, -0.2) is 53.1 Å². The van der Waals surface area contributed by atoms with E-state index in [-0.39, 0.29) is 29.6 Å². The van der Waals surface area contributed by atoms with E-state index in [0.29, 0.717) is 30.8 Å². The maximum absolute atomic E-state index is 12.7. The van der Waals surface area contributed by atoms with Gasteiger partial charge in [-0.25, -0.2) is 4.79 Å². The predicted octanol–water partition coefficient (Wildman–Crippen LogP) is 2.56. The summed E-state index contributed by atoms with van der Waals surface area (Å²) in [6.45, 7) is 5.36. The highest BCUT2D eigenvalue weighted by atomic mass is 16.5. The number of aromatic carboxylic acids is 1. The molecule has 2 aromatic rings. The van der Waals surface area contributed by atoms with Crippen LogP contribution in [-0.2, 0) is 11.3 Å². The van der Waals surface area contributed by atoms with E-state index in [2.05, 4.69) is 5.32 Å². The SMILES string of the molecule is CC1CN(C(=O)c2ccc(CNC(=O)c3ccc(C(=O)O)cc3)cc2)CC(C)O1. The summed E-state index contributed by atoms with van der Waals surface area (Å²) in [7, 11) is 0. The van der Waals surface area contributed by atoms with Crippen LogP contribution < -0.4 is 5.32 Å². The van der Waals surface area contributed by atoms with Gasteiger partial charge in [0.2, 0.25) is 0 Å². The van der Waals surface area contributed by atoms with E-state index in [1.54, 1.807) is 17.0 Å². The molecule has 7 heteroatoms. The number of hydrogen-bond donors (Lipinski definition) is 2. The van der Waals surface area contributed by atoms with Gasteiger partial charge in [-0.2, -0.15) is 0 Å². The van der Waals surface area contributed by atoms with Crippen LogP contribution in [0.4, 0.5) is 0 Å². The van der Waals surface area contributed by atoms with Crippen molar-refractivity contribution in [2.24, 2.45) is 0 Å². The highest BCUT2D eigenvalue weighted by molar-refractivity contribution is 5.96. The van der Waals surface area contributed by atoms with Crippen molar-refractivity contribution < 1.29 is 24.2 Å². The number of rotatable bonds is 5. The molecule has 1 saturated heterocycles. The van der Waals surface area contributed by atoms with Gasteiger partial charge in [0, 0.05) is 30.8 Å². The zero-order chi connectivity index (χ0) is 21.0. The summed E-state index contributed by atoms with van der Waals surface area (Å²) in [4.78, 5) is 37.6. The molecule has 2 amide bonds. The zero-order valence-corrected chi connectivity index (χ0v) is 16.4. The van der Waals surface area contributed by atoms with Gasteiger partial charge in [0.1, 0.15) is 0 Å². The quantitative estimate of drug-likeness (QED) is 0.810. The van der Waals surface area contributed by atoms with Gasteiger partial charge in [0.15, 0.2) is 0 Å². The second-order valence-electron chi connectivity index (χ2n) is 7.23.